The van der Waals surface area contributed by atoms with E-state index in [4.69, 9.17) is 13.6 Å². The lowest BCUT2D eigenvalue weighted by Crippen LogP contribution is -2.41. The summed E-state index contributed by atoms with van der Waals surface area (Å²) in [5.41, 5.74) is -0.357. The van der Waals surface area contributed by atoms with E-state index in [0.29, 0.717) is 31.4 Å². The van der Waals surface area contributed by atoms with Crippen molar-refractivity contribution in [3.05, 3.63) is 47.3 Å². The number of aryl methyl sites for hydroxylation is 2. The van der Waals surface area contributed by atoms with Crippen LogP contribution in [0.5, 0.6) is 0 Å². The molecule has 27 heavy (non-hydrogen) atoms. The van der Waals surface area contributed by atoms with Crippen molar-refractivity contribution in [2.24, 2.45) is 4.99 Å². The van der Waals surface area contributed by atoms with Crippen LogP contribution in [0.25, 0.3) is 0 Å². The first-order valence-electron chi connectivity index (χ1n) is 8.76. The smallest absolute Gasteiger partial charge is 0.191 e. The Morgan fingerprint density at radius 1 is 1.30 bits per heavy atom. The first-order chi connectivity index (χ1) is 12.4. The SMILES string of the molecule is COCCNC(=NCC(C)(O)c1cc(C)oc1C)NCCc1ccco1.I. The van der Waals surface area contributed by atoms with E-state index >= 15 is 0 Å². The van der Waals surface area contributed by atoms with Gasteiger partial charge in [0, 0.05) is 32.2 Å². The quantitative estimate of drug-likeness (QED) is 0.216. The molecule has 7 nitrogen and oxygen atoms in total. The Morgan fingerprint density at radius 3 is 2.63 bits per heavy atom. The standard InChI is InChI=1S/C19H29N3O4.HI/c1-14-12-17(15(2)26-14)19(3,23)13-22-18(21-9-11-24-4)20-8-7-16-6-5-10-25-16;/h5-6,10,12,23H,7-9,11,13H2,1-4H3,(H2,20,21,22);1H. The van der Waals surface area contributed by atoms with Crippen LogP contribution in [-0.4, -0.2) is 44.4 Å². The summed E-state index contributed by atoms with van der Waals surface area (Å²) in [4.78, 5) is 4.53. The highest BCUT2D eigenvalue weighted by Crippen LogP contribution is 2.27. The first kappa shape index (κ1) is 23.5. The molecule has 0 amide bonds. The number of aliphatic hydroxyl groups is 1. The summed E-state index contributed by atoms with van der Waals surface area (Å²) in [5, 5.41) is 17.3. The minimum Gasteiger partial charge on any atom is -0.469 e. The largest absolute Gasteiger partial charge is 0.469 e. The van der Waals surface area contributed by atoms with Crippen LogP contribution in [0.4, 0.5) is 0 Å². The van der Waals surface area contributed by atoms with Crippen LogP contribution in [0.2, 0.25) is 0 Å². The third-order valence-electron chi connectivity index (χ3n) is 4.01. The van der Waals surface area contributed by atoms with Gasteiger partial charge in [-0.1, -0.05) is 0 Å². The van der Waals surface area contributed by atoms with E-state index in [1.807, 2.05) is 32.0 Å². The number of hydrogen-bond donors (Lipinski definition) is 3. The van der Waals surface area contributed by atoms with Crippen LogP contribution in [0.3, 0.4) is 0 Å². The maximum absolute atomic E-state index is 10.8. The van der Waals surface area contributed by atoms with Gasteiger partial charge in [0.1, 0.15) is 22.9 Å². The predicted molar refractivity (Wildman–Crippen MR) is 116 cm³/mol. The van der Waals surface area contributed by atoms with Crippen LogP contribution in [0, 0.1) is 13.8 Å². The van der Waals surface area contributed by atoms with E-state index in [-0.39, 0.29) is 30.5 Å². The molecule has 0 saturated heterocycles. The highest BCUT2D eigenvalue weighted by atomic mass is 127. The molecule has 2 heterocycles. The second kappa shape index (κ2) is 11.4. The molecule has 8 heteroatoms. The highest BCUT2D eigenvalue weighted by Gasteiger charge is 2.27. The summed E-state index contributed by atoms with van der Waals surface area (Å²) in [7, 11) is 1.65. The Bertz CT molecular complexity index is 696. The van der Waals surface area contributed by atoms with Gasteiger partial charge in [-0.2, -0.15) is 0 Å². The molecule has 2 aromatic heterocycles. The lowest BCUT2D eigenvalue weighted by Gasteiger charge is -2.21. The van der Waals surface area contributed by atoms with Gasteiger partial charge in [-0.05, 0) is 39.0 Å². The maximum atomic E-state index is 10.8. The zero-order valence-electron chi connectivity index (χ0n) is 16.4. The minimum absolute atomic E-state index is 0. The molecule has 0 bridgehead atoms. The second-order valence-corrected chi connectivity index (χ2v) is 6.44. The molecule has 0 aliphatic rings. The fraction of sp³-hybridized carbons (Fsp3) is 0.526. The number of furan rings is 2. The Balaban J connectivity index is 0.00000364. The Morgan fingerprint density at radius 2 is 2.04 bits per heavy atom. The average molecular weight is 491 g/mol. The van der Waals surface area contributed by atoms with Crippen molar-refractivity contribution < 1.29 is 18.7 Å². The number of ether oxygens (including phenoxy) is 1. The van der Waals surface area contributed by atoms with Crippen molar-refractivity contribution in [2.45, 2.75) is 32.8 Å². The lowest BCUT2D eigenvalue weighted by molar-refractivity contribution is 0.0657. The minimum atomic E-state index is -1.11. The van der Waals surface area contributed by atoms with Crippen LogP contribution in [0.1, 0.15) is 29.8 Å². The zero-order valence-corrected chi connectivity index (χ0v) is 18.7. The van der Waals surface area contributed by atoms with E-state index in [1.165, 1.54) is 0 Å². The topological polar surface area (TPSA) is 92.2 Å². The Kier molecular flexibility index (Phi) is 9.89. The molecule has 0 fully saturated rings. The van der Waals surface area contributed by atoms with E-state index in [2.05, 4.69) is 15.6 Å². The molecule has 1 atom stereocenters. The number of nitrogens with zero attached hydrogens (tertiary/aromatic N) is 1. The second-order valence-electron chi connectivity index (χ2n) is 6.44. The van der Waals surface area contributed by atoms with Crippen molar-refractivity contribution in [3.8, 4) is 0 Å². The molecule has 152 valence electrons. The van der Waals surface area contributed by atoms with Gasteiger partial charge in [-0.15, -0.1) is 24.0 Å². The number of methoxy groups -OCH3 is 1. The monoisotopic (exact) mass is 491 g/mol. The number of aliphatic imine (C=N–C) groups is 1. The van der Waals surface area contributed by atoms with E-state index in [1.54, 1.807) is 20.3 Å². The van der Waals surface area contributed by atoms with Gasteiger partial charge >= 0.3 is 0 Å². The molecule has 0 spiro atoms. The van der Waals surface area contributed by atoms with Crippen molar-refractivity contribution in [2.75, 3.05) is 33.4 Å². The number of nitrogens with one attached hydrogen (secondary N) is 2. The van der Waals surface area contributed by atoms with Crippen molar-refractivity contribution in [1.29, 1.82) is 0 Å². The van der Waals surface area contributed by atoms with E-state index < -0.39 is 5.60 Å². The van der Waals surface area contributed by atoms with Crippen LogP contribution < -0.4 is 10.6 Å². The number of guanidine groups is 1. The van der Waals surface area contributed by atoms with Crippen molar-refractivity contribution in [1.82, 2.24) is 10.6 Å². The summed E-state index contributed by atoms with van der Waals surface area (Å²) < 4.78 is 15.9. The molecule has 2 rings (SSSR count). The molecular weight excluding hydrogens is 461 g/mol. The summed E-state index contributed by atoms with van der Waals surface area (Å²) in [6.07, 6.45) is 2.40. The van der Waals surface area contributed by atoms with Crippen LogP contribution in [-0.2, 0) is 16.8 Å². The summed E-state index contributed by atoms with van der Waals surface area (Å²) in [5.74, 6) is 3.01. The van der Waals surface area contributed by atoms with Crippen molar-refractivity contribution in [3.63, 3.8) is 0 Å². The molecule has 0 aliphatic carbocycles. The van der Waals surface area contributed by atoms with Gasteiger partial charge in [-0.25, -0.2) is 4.99 Å². The fourth-order valence-electron chi connectivity index (χ4n) is 2.69. The third-order valence-corrected chi connectivity index (χ3v) is 4.01. The lowest BCUT2D eigenvalue weighted by atomic mass is 9.96. The van der Waals surface area contributed by atoms with Crippen molar-refractivity contribution >= 4 is 29.9 Å². The zero-order chi connectivity index (χ0) is 19.0. The Hall–Kier alpha value is -1.52. The first-order valence-corrected chi connectivity index (χ1v) is 8.76. The normalized spacial score (nSPS) is 13.7. The molecule has 0 aliphatic heterocycles. The van der Waals surface area contributed by atoms with Gasteiger partial charge in [0.15, 0.2) is 5.96 Å². The van der Waals surface area contributed by atoms with E-state index in [0.717, 1.165) is 23.5 Å². The fourth-order valence-corrected chi connectivity index (χ4v) is 2.69. The molecule has 2 aromatic rings. The molecule has 0 saturated carbocycles. The van der Waals surface area contributed by atoms with Gasteiger partial charge < -0.3 is 29.3 Å². The molecule has 0 radical (unpaired) electrons. The van der Waals surface area contributed by atoms with Crippen LogP contribution >= 0.6 is 24.0 Å². The summed E-state index contributed by atoms with van der Waals surface area (Å²) in [6, 6.07) is 5.66. The maximum Gasteiger partial charge on any atom is 0.191 e. The number of hydrogen-bond acceptors (Lipinski definition) is 5. The summed E-state index contributed by atoms with van der Waals surface area (Å²) in [6.45, 7) is 7.51. The molecular formula is C19H30IN3O4. The average Bonchev–Trinajstić information content (AvgIpc) is 3.22. The van der Waals surface area contributed by atoms with Crippen LogP contribution in [0.15, 0.2) is 38.3 Å². The highest BCUT2D eigenvalue weighted by molar-refractivity contribution is 14.0. The van der Waals surface area contributed by atoms with Gasteiger partial charge in [0.05, 0.1) is 19.4 Å². The molecule has 3 N–H and O–H groups in total. The van der Waals surface area contributed by atoms with E-state index in [9.17, 15) is 5.11 Å². The predicted octanol–water partition coefficient (Wildman–Crippen LogP) is 2.74. The molecule has 1 unspecified atom stereocenters. The number of halogens is 1. The number of rotatable bonds is 9. The van der Waals surface area contributed by atoms with Gasteiger partial charge in [0.2, 0.25) is 0 Å². The third kappa shape index (κ3) is 7.55. The Labute approximate surface area is 177 Å². The summed E-state index contributed by atoms with van der Waals surface area (Å²) >= 11 is 0. The van der Waals surface area contributed by atoms with Gasteiger partial charge in [0.25, 0.3) is 0 Å². The van der Waals surface area contributed by atoms with Gasteiger partial charge in [-0.3, -0.25) is 0 Å². The molecule has 0 aromatic carbocycles.